The second kappa shape index (κ2) is 6.24. The first kappa shape index (κ1) is 16.1. The Balaban J connectivity index is 1.98. The van der Waals surface area contributed by atoms with Crippen molar-refractivity contribution in [3.05, 3.63) is 23.8 Å². The van der Waals surface area contributed by atoms with Crippen LogP contribution in [0, 0.1) is 5.41 Å². The van der Waals surface area contributed by atoms with Gasteiger partial charge in [-0.15, -0.1) is 0 Å². The molecule has 0 saturated heterocycles. The van der Waals surface area contributed by atoms with Crippen LogP contribution < -0.4 is 14.8 Å². The van der Waals surface area contributed by atoms with Gasteiger partial charge in [-0.25, -0.2) is 0 Å². The van der Waals surface area contributed by atoms with Crippen LogP contribution in [0.25, 0.3) is 0 Å². The molecule has 4 nitrogen and oxygen atoms in total. The lowest BCUT2D eigenvalue weighted by atomic mass is 9.64. The number of ether oxygens (including phenoxy) is 2. The Morgan fingerprint density at radius 2 is 2.05 bits per heavy atom. The molecule has 2 N–H and O–H groups in total. The number of hydrogen-bond donors (Lipinski definition) is 2. The lowest BCUT2D eigenvalue weighted by Crippen LogP contribution is -2.59. The predicted octanol–water partition coefficient (Wildman–Crippen LogP) is 2.73. The number of aliphatic hydroxyl groups is 1. The van der Waals surface area contributed by atoms with Crippen molar-refractivity contribution in [3.63, 3.8) is 0 Å². The van der Waals surface area contributed by atoms with Crippen LogP contribution >= 0.6 is 0 Å². The van der Waals surface area contributed by atoms with Crippen molar-refractivity contribution in [2.75, 3.05) is 7.11 Å². The van der Waals surface area contributed by atoms with Gasteiger partial charge in [-0.3, -0.25) is 0 Å². The molecule has 1 fully saturated rings. The molecule has 0 bridgehead atoms. The molecule has 118 valence electrons. The predicted molar refractivity (Wildman–Crippen MR) is 83.8 cm³/mol. The van der Waals surface area contributed by atoms with Crippen LogP contribution in [-0.4, -0.2) is 30.5 Å². The van der Waals surface area contributed by atoms with Gasteiger partial charge in [-0.05, 0) is 38.0 Å². The van der Waals surface area contributed by atoms with Gasteiger partial charge in [-0.2, -0.15) is 0 Å². The zero-order valence-electron chi connectivity index (χ0n) is 13.6. The Hall–Kier alpha value is -1.26. The van der Waals surface area contributed by atoms with Crippen molar-refractivity contribution < 1.29 is 14.6 Å². The fourth-order valence-corrected chi connectivity index (χ4v) is 2.66. The van der Waals surface area contributed by atoms with E-state index in [-0.39, 0.29) is 17.6 Å². The molecule has 2 unspecified atom stereocenters. The molecule has 0 amide bonds. The summed E-state index contributed by atoms with van der Waals surface area (Å²) in [4.78, 5) is 0. The minimum Gasteiger partial charge on any atom is -0.493 e. The molecule has 1 aromatic carbocycles. The third-order valence-corrected chi connectivity index (χ3v) is 4.36. The van der Waals surface area contributed by atoms with E-state index in [1.807, 2.05) is 26.0 Å². The van der Waals surface area contributed by atoms with E-state index in [0.29, 0.717) is 6.04 Å². The number of nitrogens with one attached hydrogen (secondary N) is 1. The van der Waals surface area contributed by atoms with Gasteiger partial charge in [0.05, 0.1) is 19.3 Å². The minimum absolute atomic E-state index is 0.0508. The molecular weight excluding hydrogens is 266 g/mol. The topological polar surface area (TPSA) is 50.7 Å². The number of methoxy groups -OCH3 is 1. The molecule has 0 aliphatic heterocycles. The summed E-state index contributed by atoms with van der Waals surface area (Å²) in [5.74, 6) is 1.53. The molecule has 1 aliphatic carbocycles. The number of hydrogen-bond acceptors (Lipinski definition) is 4. The van der Waals surface area contributed by atoms with Crippen LogP contribution in [0.15, 0.2) is 18.2 Å². The van der Waals surface area contributed by atoms with Gasteiger partial charge in [-0.1, -0.05) is 19.9 Å². The Kier molecular flexibility index (Phi) is 4.79. The summed E-state index contributed by atoms with van der Waals surface area (Å²) in [7, 11) is 1.66. The van der Waals surface area contributed by atoms with Gasteiger partial charge < -0.3 is 19.9 Å². The van der Waals surface area contributed by atoms with E-state index < -0.39 is 0 Å². The van der Waals surface area contributed by atoms with Crippen LogP contribution in [0.2, 0.25) is 0 Å². The van der Waals surface area contributed by atoms with Crippen molar-refractivity contribution in [1.82, 2.24) is 5.32 Å². The zero-order chi connectivity index (χ0) is 15.6. The summed E-state index contributed by atoms with van der Waals surface area (Å²) in [6.45, 7) is 8.95. The van der Waals surface area contributed by atoms with E-state index in [2.05, 4.69) is 25.2 Å². The van der Waals surface area contributed by atoms with Crippen molar-refractivity contribution >= 4 is 0 Å². The quantitative estimate of drug-likeness (QED) is 0.847. The number of benzene rings is 1. The molecule has 1 aromatic rings. The maximum Gasteiger partial charge on any atom is 0.161 e. The minimum atomic E-state index is -0.202. The molecule has 0 spiro atoms. The first-order chi connectivity index (χ1) is 9.84. The Labute approximate surface area is 127 Å². The summed E-state index contributed by atoms with van der Waals surface area (Å²) in [5.41, 5.74) is 1.10. The Morgan fingerprint density at radius 1 is 1.33 bits per heavy atom. The Bertz CT molecular complexity index is 485. The lowest BCUT2D eigenvalue weighted by Gasteiger charge is -2.49. The fourth-order valence-electron chi connectivity index (χ4n) is 2.66. The second-order valence-corrected chi connectivity index (χ2v) is 6.66. The van der Waals surface area contributed by atoms with Gasteiger partial charge in [0, 0.05) is 18.0 Å². The van der Waals surface area contributed by atoms with Crippen LogP contribution in [0.5, 0.6) is 11.5 Å². The molecule has 4 heteroatoms. The monoisotopic (exact) mass is 293 g/mol. The van der Waals surface area contributed by atoms with E-state index in [9.17, 15) is 5.11 Å². The second-order valence-electron chi connectivity index (χ2n) is 6.66. The summed E-state index contributed by atoms with van der Waals surface area (Å²) < 4.78 is 11.1. The normalized spacial score (nSPS) is 23.8. The maximum absolute atomic E-state index is 9.77. The van der Waals surface area contributed by atoms with Gasteiger partial charge >= 0.3 is 0 Å². The largest absolute Gasteiger partial charge is 0.493 e. The first-order valence-electron chi connectivity index (χ1n) is 7.59. The Morgan fingerprint density at radius 3 is 2.57 bits per heavy atom. The van der Waals surface area contributed by atoms with Crippen LogP contribution in [-0.2, 0) is 6.54 Å². The molecule has 0 aromatic heterocycles. The zero-order valence-corrected chi connectivity index (χ0v) is 13.6. The number of rotatable bonds is 6. The highest BCUT2D eigenvalue weighted by atomic mass is 16.5. The number of aliphatic hydroxyl groups excluding tert-OH is 1. The molecular formula is C17H27NO3. The molecule has 0 heterocycles. The van der Waals surface area contributed by atoms with E-state index in [0.717, 1.165) is 30.0 Å². The summed E-state index contributed by atoms with van der Waals surface area (Å²) in [6, 6.07) is 6.36. The molecule has 1 saturated carbocycles. The highest BCUT2D eigenvalue weighted by Gasteiger charge is 2.46. The first-order valence-corrected chi connectivity index (χ1v) is 7.59. The molecule has 0 radical (unpaired) electrons. The molecule has 2 rings (SSSR count). The average Bonchev–Trinajstić information content (AvgIpc) is 2.43. The molecule has 1 aliphatic rings. The average molecular weight is 293 g/mol. The van der Waals surface area contributed by atoms with Gasteiger partial charge in [0.2, 0.25) is 0 Å². The summed E-state index contributed by atoms with van der Waals surface area (Å²) in [5, 5.41) is 13.3. The van der Waals surface area contributed by atoms with Crippen molar-refractivity contribution in [1.29, 1.82) is 0 Å². The third-order valence-electron chi connectivity index (χ3n) is 4.36. The highest BCUT2D eigenvalue weighted by Crippen LogP contribution is 2.40. The van der Waals surface area contributed by atoms with Crippen LogP contribution in [0.1, 0.15) is 39.7 Å². The maximum atomic E-state index is 9.77. The SMILES string of the molecule is COc1cc(CNC2CC(O)C2(C)C)ccc1OC(C)C. The van der Waals surface area contributed by atoms with Gasteiger partial charge in [0.25, 0.3) is 0 Å². The molecule has 21 heavy (non-hydrogen) atoms. The lowest BCUT2D eigenvalue weighted by molar-refractivity contribution is -0.0729. The molecule has 2 atom stereocenters. The smallest absolute Gasteiger partial charge is 0.161 e. The van der Waals surface area contributed by atoms with Crippen LogP contribution in [0.3, 0.4) is 0 Å². The van der Waals surface area contributed by atoms with Crippen molar-refractivity contribution in [2.45, 2.75) is 58.9 Å². The van der Waals surface area contributed by atoms with E-state index in [4.69, 9.17) is 9.47 Å². The van der Waals surface area contributed by atoms with E-state index in [1.54, 1.807) is 7.11 Å². The summed E-state index contributed by atoms with van der Waals surface area (Å²) in [6.07, 6.45) is 0.741. The van der Waals surface area contributed by atoms with Gasteiger partial charge in [0.1, 0.15) is 0 Å². The van der Waals surface area contributed by atoms with Crippen molar-refractivity contribution in [2.24, 2.45) is 5.41 Å². The van der Waals surface area contributed by atoms with Crippen LogP contribution in [0.4, 0.5) is 0 Å². The van der Waals surface area contributed by atoms with E-state index in [1.165, 1.54) is 0 Å². The van der Waals surface area contributed by atoms with Crippen molar-refractivity contribution in [3.8, 4) is 11.5 Å². The fraction of sp³-hybridized carbons (Fsp3) is 0.647. The highest BCUT2D eigenvalue weighted by molar-refractivity contribution is 5.43. The van der Waals surface area contributed by atoms with Gasteiger partial charge in [0.15, 0.2) is 11.5 Å². The van der Waals surface area contributed by atoms with E-state index >= 15 is 0 Å². The standard InChI is InChI=1S/C17H27NO3/c1-11(2)21-13-7-6-12(8-14(13)20-5)10-18-15-9-16(19)17(15,3)4/h6-8,11,15-16,18-19H,9-10H2,1-5H3. The summed E-state index contributed by atoms with van der Waals surface area (Å²) >= 11 is 0. The third kappa shape index (κ3) is 3.50.